The van der Waals surface area contributed by atoms with Gasteiger partial charge in [0.2, 0.25) is 5.91 Å². The van der Waals surface area contributed by atoms with Crippen molar-refractivity contribution in [1.82, 2.24) is 14.8 Å². The largest absolute Gasteiger partial charge is 0.463 e. The zero-order valence-electron chi connectivity index (χ0n) is 12.1. The van der Waals surface area contributed by atoms with Crippen LogP contribution in [0.25, 0.3) is 11.5 Å². The molecule has 3 aromatic heterocycles. The first-order chi connectivity index (χ1) is 11.2. The van der Waals surface area contributed by atoms with Crippen LogP contribution in [0.3, 0.4) is 0 Å². The van der Waals surface area contributed by atoms with Crippen molar-refractivity contribution < 1.29 is 9.21 Å². The molecule has 7 nitrogen and oxygen atoms in total. The van der Waals surface area contributed by atoms with Gasteiger partial charge in [-0.15, -0.1) is 11.3 Å². The fraction of sp³-hybridized carbons (Fsp3) is 0.200. The van der Waals surface area contributed by atoms with E-state index in [4.69, 9.17) is 4.42 Å². The summed E-state index contributed by atoms with van der Waals surface area (Å²) < 4.78 is 6.61. The van der Waals surface area contributed by atoms with Crippen LogP contribution in [0.2, 0.25) is 0 Å². The predicted octanol–water partition coefficient (Wildman–Crippen LogP) is 2.38. The van der Waals surface area contributed by atoms with Crippen LogP contribution in [-0.2, 0) is 11.3 Å². The summed E-state index contributed by atoms with van der Waals surface area (Å²) in [5.41, 5.74) is 0.377. The Hall–Kier alpha value is -2.74. The standard InChI is InChI=1S/C15H14N4O3S/c20-13(17-15-16-7-10-23-15)4-1-8-19-14(21)6-5-11(18-19)12-3-2-9-22-12/h2-3,5-7,9-10H,1,4,8H2,(H,16,17,20). The van der Waals surface area contributed by atoms with Crippen molar-refractivity contribution in [2.75, 3.05) is 5.32 Å². The van der Waals surface area contributed by atoms with Gasteiger partial charge in [0.15, 0.2) is 10.9 Å². The second-order valence-corrected chi connectivity index (χ2v) is 5.64. The Morgan fingerprint density at radius 1 is 1.35 bits per heavy atom. The molecule has 3 heterocycles. The average molecular weight is 330 g/mol. The molecule has 0 fully saturated rings. The molecule has 0 unspecified atom stereocenters. The summed E-state index contributed by atoms with van der Waals surface area (Å²) in [5.74, 6) is 0.468. The van der Waals surface area contributed by atoms with E-state index in [0.717, 1.165) is 0 Å². The van der Waals surface area contributed by atoms with Crippen molar-refractivity contribution in [2.45, 2.75) is 19.4 Å². The van der Waals surface area contributed by atoms with Crippen molar-refractivity contribution in [3.63, 3.8) is 0 Å². The minimum absolute atomic E-state index is 0.129. The summed E-state index contributed by atoms with van der Waals surface area (Å²) in [6, 6.07) is 6.60. The highest BCUT2D eigenvalue weighted by atomic mass is 32.1. The molecule has 0 aliphatic rings. The molecule has 0 atom stereocenters. The highest BCUT2D eigenvalue weighted by molar-refractivity contribution is 7.13. The van der Waals surface area contributed by atoms with Crippen LogP contribution >= 0.6 is 11.3 Å². The number of furan rings is 1. The molecule has 0 aliphatic heterocycles. The molecule has 3 rings (SSSR count). The van der Waals surface area contributed by atoms with Crippen LogP contribution in [0.1, 0.15) is 12.8 Å². The molecular formula is C15H14N4O3S. The van der Waals surface area contributed by atoms with E-state index in [0.29, 0.717) is 36.0 Å². The van der Waals surface area contributed by atoms with Crippen LogP contribution < -0.4 is 10.9 Å². The molecule has 1 N–H and O–H groups in total. The normalized spacial score (nSPS) is 10.6. The Morgan fingerprint density at radius 2 is 2.26 bits per heavy atom. The van der Waals surface area contributed by atoms with Crippen molar-refractivity contribution in [1.29, 1.82) is 0 Å². The third-order valence-electron chi connectivity index (χ3n) is 3.09. The molecule has 0 spiro atoms. The quantitative estimate of drug-likeness (QED) is 0.749. The molecule has 0 saturated carbocycles. The van der Waals surface area contributed by atoms with Gasteiger partial charge in [-0.05, 0) is 24.6 Å². The smallest absolute Gasteiger partial charge is 0.266 e. The monoisotopic (exact) mass is 330 g/mol. The Morgan fingerprint density at radius 3 is 3.00 bits per heavy atom. The van der Waals surface area contributed by atoms with Crippen molar-refractivity contribution in [3.8, 4) is 11.5 Å². The first kappa shape index (κ1) is 15.2. The summed E-state index contributed by atoms with van der Waals surface area (Å²) >= 11 is 1.36. The van der Waals surface area contributed by atoms with Crippen LogP contribution in [0.4, 0.5) is 5.13 Å². The molecule has 0 radical (unpaired) electrons. The fourth-order valence-corrected chi connectivity index (χ4v) is 2.57. The van der Waals surface area contributed by atoms with E-state index in [2.05, 4.69) is 15.4 Å². The van der Waals surface area contributed by atoms with Gasteiger partial charge in [-0.1, -0.05) is 0 Å². The lowest BCUT2D eigenvalue weighted by Crippen LogP contribution is -2.23. The molecule has 0 saturated heterocycles. The second-order valence-electron chi connectivity index (χ2n) is 4.75. The second kappa shape index (κ2) is 7.01. The highest BCUT2D eigenvalue weighted by Crippen LogP contribution is 2.15. The summed E-state index contributed by atoms with van der Waals surface area (Å²) in [6.45, 7) is 0.360. The zero-order valence-corrected chi connectivity index (χ0v) is 13.0. The number of anilines is 1. The minimum Gasteiger partial charge on any atom is -0.463 e. The van der Waals surface area contributed by atoms with Gasteiger partial charge in [0.1, 0.15) is 5.69 Å². The number of nitrogens with zero attached hydrogens (tertiary/aromatic N) is 3. The fourth-order valence-electron chi connectivity index (χ4n) is 2.02. The van der Waals surface area contributed by atoms with Gasteiger partial charge in [-0.2, -0.15) is 5.10 Å². The number of thiazole rings is 1. The van der Waals surface area contributed by atoms with Crippen LogP contribution in [-0.4, -0.2) is 20.7 Å². The molecule has 3 aromatic rings. The number of rotatable bonds is 6. The van der Waals surface area contributed by atoms with Crippen LogP contribution in [0.5, 0.6) is 0 Å². The highest BCUT2D eigenvalue weighted by Gasteiger charge is 2.07. The molecule has 1 amide bonds. The molecular weight excluding hydrogens is 316 g/mol. The number of carbonyl (C=O) groups is 1. The van der Waals surface area contributed by atoms with Gasteiger partial charge in [0.05, 0.1) is 6.26 Å². The molecule has 8 heteroatoms. The number of aromatic nitrogens is 3. The average Bonchev–Trinajstić information content (AvgIpc) is 3.22. The number of amides is 1. The Labute approximate surface area is 135 Å². The maximum Gasteiger partial charge on any atom is 0.266 e. The van der Waals surface area contributed by atoms with E-state index < -0.39 is 0 Å². The Bertz CT molecular complexity index is 825. The van der Waals surface area contributed by atoms with Crippen molar-refractivity contribution >= 4 is 22.4 Å². The predicted molar refractivity (Wildman–Crippen MR) is 86.2 cm³/mol. The summed E-state index contributed by atoms with van der Waals surface area (Å²) in [4.78, 5) is 27.6. The van der Waals surface area contributed by atoms with Crippen LogP contribution in [0, 0.1) is 0 Å². The lowest BCUT2D eigenvalue weighted by Gasteiger charge is -2.06. The molecule has 0 bridgehead atoms. The lowest BCUT2D eigenvalue weighted by molar-refractivity contribution is -0.116. The van der Waals surface area contributed by atoms with E-state index in [1.807, 2.05) is 0 Å². The van der Waals surface area contributed by atoms with Crippen LogP contribution in [0.15, 0.2) is 51.3 Å². The van der Waals surface area contributed by atoms with Gasteiger partial charge in [0.25, 0.3) is 5.56 Å². The Kier molecular flexibility index (Phi) is 4.62. The minimum atomic E-state index is -0.208. The van der Waals surface area contributed by atoms with E-state index in [1.54, 1.807) is 36.0 Å². The van der Waals surface area contributed by atoms with Gasteiger partial charge >= 0.3 is 0 Å². The number of aryl methyl sites for hydroxylation is 1. The number of nitrogens with one attached hydrogen (secondary N) is 1. The number of hydrogen-bond donors (Lipinski definition) is 1. The van der Waals surface area contributed by atoms with E-state index in [9.17, 15) is 9.59 Å². The maximum atomic E-state index is 11.8. The maximum absolute atomic E-state index is 11.8. The van der Waals surface area contributed by atoms with E-state index >= 15 is 0 Å². The van der Waals surface area contributed by atoms with Crippen molar-refractivity contribution in [2.24, 2.45) is 0 Å². The van der Waals surface area contributed by atoms with Gasteiger partial charge in [-0.3, -0.25) is 9.59 Å². The number of carbonyl (C=O) groups excluding carboxylic acids is 1. The van der Waals surface area contributed by atoms with Gasteiger partial charge in [-0.25, -0.2) is 9.67 Å². The van der Waals surface area contributed by atoms with Gasteiger partial charge < -0.3 is 9.73 Å². The van der Waals surface area contributed by atoms with Gasteiger partial charge in [0, 0.05) is 30.6 Å². The first-order valence-corrected chi connectivity index (χ1v) is 7.92. The number of hydrogen-bond acceptors (Lipinski definition) is 6. The zero-order chi connectivity index (χ0) is 16.1. The third kappa shape index (κ3) is 3.92. The van der Waals surface area contributed by atoms with E-state index in [1.165, 1.54) is 22.1 Å². The Balaban J connectivity index is 1.58. The topological polar surface area (TPSA) is 90.0 Å². The molecule has 0 aliphatic carbocycles. The molecule has 118 valence electrons. The van der Waals surface area contributed by atoms with Crippen molar-refractivity contribution in [3.05, 3.63) is 52.5 Å². The summed E-state index contributed by atoms with van der Waals surface area (Å²) in [5, 5.41) is 9.32. The first-order valence-electron chi connectivity index (χ1n) is 7.04. The van der Waals surface area contributed by atoms with E-state index in [-0.39, 0.29) is 11.5 Å². The summed E-state index contributed by atoms with van der Waals surface area (Å²) in [6.07, 6.45) is 3.98. The SMILES string of the molecule is O=C(CCCn1nc(-c2ccco2)ccc1=O)Nc1nccs1. The lowest BCUT2D eigenvalue weighted by atomic mass is 10.3. The third-order valence-corrected chi connectivity index (χ3v) is 3.78. The molecule has 23 heavy (non-hydrogen) atoms. The molecule has 0 aromatic carbocycles. The summed E-state index contributed by atoms with van der Waals surface area (Å²) in [7, 11) is 0.